The zero-order chi connectivity index (χ0) is 16.0. The fraction of sp³-hybridized carbons (Fsp3) is 0.417. The normalized spacial score (nSPS) is 13.8. The molecule has 1 rings (SSSR count). The maximum Gasteiger partial charge on any atom is 0.433 e. The van der Waals surface area contributed by atoms with Crippen LogP contribution in [0, 0.1) is 5.92 Å². The number of aromatic nitrogens is 1. The highest BCUT2D eigenvalue weighted by Crippen LogP contribution is 2.27. The van der Waals surface area contributed by atoms with Crippen LogP contribution in [0.3, 0.4) is 0 Å². The van der Waals surface area contributed by atoms with E-state index in [4.69, 9.17) is 10.9 Å². The third kappa shape index (κ3) is 4.62. The van der Waals surface area contributed by atoms with E-state index in [1.807, 2.05) is 6.92 Å². The molecule has 0 aliphatic carbocycles. The Morgan fingerprint density at radius 2 is 2.19 bits per heavy atom. The molecular formula is C12H15F3N4O2. The standard InChI is InChI=1S/C12H15F3N4O2/c1-2-3-8(10(16)19-21)11(20)18-7-4-5-9(17-6-7)12(13,14)15/h4-6,8,21H,2-3H2,1H3,(H2,16,19)(H,18,20). The molecule has 0 aromatic carbocycles. The Morgan fingerprint density at radius 3 is 2.62 bits per heavy atom. The van der Waals surface area contributed by atoms with Crippen LogP contribution in [0.15, 0.2) is 23.5 Å². The Hall–Kier alpha value is -2.32. The summed E-state index contributed by atoms with van der Waals surface area (Å²) in [5, 5.41) is 13.8. The van der Waals surface area contributed by atoms with E-state index in [-0.39, 0.29) is 11.5 Å². The molecule has 1 aromatic rings. The topological polar surface area (TPSA) is 101 Å². The molecule has 0 aliphatic heterocycles. The number of nitrogens with one attached hydrogen (secondary N) is 1. The lowest BCUT2D eigenvalue weighted by atomic mass is 10.0. The first kappa shape index (κ1) is 16.7. The SMILES string of the molecule is CCCC(C(=O)Nc1ccc(C(F)(F)F)nc1)/C(N)=N/O. The molecule has 116 valence electrons. The van der Waals surface area contributed by atoms with E-state index in [1.165, 1.54) is 0 Å². The molecule has 1 aromatic heterocycles. The molecule has 1 atom stereocenters. The second-order valence-electron chi connectivity index (χ2n) is 4.29. The molecule has 1 unspecified atom stereocenters. The molecule has 0 bridgehead atoms. The average Bonchev–Trinajstić information content (AvgIpc) is 2.43. The lowest BCUT2D eigenvalue weighted by molar-refractivity contribution is -0.141. The van der Waals surface area contributed by atoms with Crippen LogP contribution in [0.1, 0.15) is 25.5 Å². The summed E-state index contributed by atoms with van der Waals surface area (Å²) in [6.45, 7) is 1.81. The molecule has 6 nitrogen and oxygen atoms in total. The van der Waals surface area contributed by atoms with Crippen LogP contribution in [0.4, 0.5) is 18.9 Å². The number of oxime groups is 1. The van der Waals surface area contributed by atoms with Crippen LogP contribution in [0.2, 0.25) is 0 Å². The second kappa shape index (κ2) is 6.91. The predicted molar refractivity (Wildman–Crippen MR) is 69.7 cm³/mol. The van der Waals surface area contributed by atoms with E-state index in [9.17, 15) is 18.0 Å². The number of hydrogen-bond donors (Lipinski definition) is 3. The van der Waals surface area contributed by atoms with Gasteiger partial charge < -0.3 is 16.3 Å². The van der Waals surface area contributed by atoms with Crippen molar-refractivity contribution in [2.45, 2.75) is 25.9 Å². The summed E-state index contributed by atoms with van der Waals surface area (Å²) in [5.74, 6) is -1.69. The molecule has 0 spiro atoms. The number of alkyl halides is 3. The number of nitrogens with zero attached hydrogens (tertiary/aromatic N) is 2. The van der Waals surface area contributed by atoms with Gasteiger partial charge in [-0.25, -0.2) is 4.98 Å². The van der Waals surface area contributed by atoms with E-state index >= 15 is 0 Å². The highest BCUT2D eigenvalue weighted by atomic mass is 19.4. The third-order valence-electron chi connectivity index (χ3n) is 2.69. The van der Waals surface area contributed by atoms with E-state index in [2.05, 4.69) is 15.5 Å². The van der Waals surface area contributed by atoms with Crippen molar-refractivity contribution >= 4 is 17.4 Å². The molecule has 9 heteroatoms. The Morgan fingerprint density at radius 1 is 1.52 bits per heavy atom. The summed E-state index contributed by atoms with van der Waals surface area (Å²) in [4.78, 5) is 15.2. The monoisotopic (exact) mass is 304 g/mol. The molecule has 0 fully saturated rings. The number of halogens is 3. The van der Waals surface area contributed by atoms with Gasteiger partial charge in [-0.05, 0) is 18.6 Å². The molecule has 1 amide bonds. The van der Waals surface area contributed by atoms with Crippen LogP contribution < -0.4 is 11.1 Å². The van der Waals surface area contributed by atoms with Crippen LogP contribution in [0.5, 0.6) is 0 Å². The van der Waals surface area contributed by atoms with Crippen LogP contribution in [-0.4, -0.2) is 21.9 Å². The van der Waals surface area contributed by atoms with Gasteiger partial charge in [0.15, 0.2) is 5.84 Å². The van der Waals surface area contributed by atoms with Crippen molar-refractivity contribution < 1.29 is 23.2 Å². The van der Waals surface area contributed by atoms with Crippen molar-refractivity contribution in [1.29, 1.82) is 0 Å². The predicted octanol–water partition coefficient (Wildman–Crippen LogP) is 2.20. The number of amides is 1. The smallest absolute Gasteiger partial charge is 0.409 e. The van der Waals surface area contributed by atoms with Crippen LogP contribution in [-0.2, 0) is 11.0 Å². The maximum absolute atomic E-state index is 12.4. The van der Waals surface area contributed by atoms with Gasteiger partial charge in [0, 0.05) is 0 Å². The Bertz CT molecular complexity index is 514. The molecule has 0 saturated carbocycles. The minimum absolute atomic E-state index is 0.0971. The Labute approximate surface area is 118 Å². The summed E-state index contributed by atoms with van der Waals surface area (Å²) >= 11 is 0. The van der Waals surface area contributed by atoms with Crippen molar-refractivity contribution in [3.8, 4) is 0 Å². The number of carbonyl (C=O) groups excluding carboxylic acids is 1. The number of hydrogen-bond acceptors (Lipinski definition) is 4. The third-order valence-corrected chi connectivity index (χ3v) is 2.69. The van der Waals surface area contributed by atoms with Crippen LogP contribution >= 0.6 is 0 Å². The van der Waals surface area contributed by atoms with Crippen LogP contribution in [0.25, 0.3) is 0 Å². The first-order valence-corrected chi connectivity index (χ1v) is 6.11. The first-order valence-electron chi connectivity index (χ1n) is 6.11. The maximum atomic E-state index is 12.4. The zero-order valence-corrected chi connectivity index (χ0v) is 11.2. The number of rotatable bonds is 5. The summed E-state index contributed by atoms with van der Waals surface area (Å²) in [6.07, 6.45) is -2.69. The van der Waals surface area contributed by atoms with Gasteiger partial charge in [-0.1, -0.05) is 18.5 Å². The molecule has 1 heterocycles. The lowest BCUT2D eigenvalue weighted by Crippen LogP contribution is -2.34. The van der Waals surface area contributed by atoms with E-state index in [0.29, 0.717) is 12.8 Å². The fourth-order valence-corrected chi connectivity index (χ4v) is 1.64. The van der Waals surface area contributed by atoms with Gasteiger partial charge in [0.25, 0.3) is 0 Å². The van der Waals surface area contributed by atoms with Crippen molar-refractivity contribution in [3.05, 3.63) is 24.0 Å². The molecule has 0 aliphatic rings. The number of anilines is 1. The molecule has 0 saturated heterocycles. The molecule has 4 N–H and O–H groups in total. The quantitative estimate of drug-likeness (QED) is 0.336. The minimum atomic E-state index is -4.54. The van der Waals surface area contributed by atoms with Crippen molar-refractivity contribution in [3.63, 3.8) is 0 Å². The van der Waals surface area contributed by atoms with Crippen molar-refractivity contribution in [2.75, 3.05) is 5.32 Å². The van der Waals surface area contributed by atoms with Gasteiger partial charge >= 0.3 is 6.18 Å². The number of nitrogens with two attached hydrogens (primary N) is 1. The van der Waals surface area contributed by atoms with Gasteiger partial charge in [-0.2, -0.15) is 13.2 Å². The number of amidine groups is 1. The zero-order valence-electron chi connectivity index (χ0n) is 11.2. The summed E-state index contributed by atoms with van der Waals surface area (Å²) in [6, 6.07) is 1.84. The second-order valence-corrected chi connectivity index (χ2v) is 4.29. The Kier molecular flexibility index (Phi) is 5.51. The highest BCUT2D eigenvalue weighted by molar-refractivity contribution is 6.07. The fourth-order valence-electron chi connectivity index (χ4n) is 1.64. The van der Waals surface area contributed by atoms with E-state index in [1.54, 1.807) is 0 Å². The van der Waals surface area contributed by atoms with Crippen molar-refractivity contribution in [2.24, 2.45) is 16.8 Å². The minimum Gasteiger partial charge on any atom is -0.409 e. The van der Waals surface area contributed by atoms with Gasteiger partial charge in [0.05, 0.1) is 17.8 Å². The molecular weight excluding hydrogens is 289 g/mol. The lowest BCUT2D eigenvalue weighted by Gasteiger charge is -2.14. The highest BCUT2D eigenvalue weighted by Gasteiger charge is 2.32. The number of pyridine rings is 1. The summed E-state index contributed by atoms with van der Waals surface area (Å²) in [7, 11) is 0. The van der Waals surface area contributed by atoms with Gasteiger partial charge in [0.1, 0.15) is 5.69 Å². The van der Waals surface area contributed by atoms with E-state index < -0.39 is 23.7 Å². The van der Waals surface area contributed by atoms with Crippen molar-refractivity contribution in [1.82, 2.24) is 4.98 Å². The largest absolute Gasteiger partial charge is 0.433 e. The van der Waals surface area contributed by atoms with Gasteiger partial charge in [0.2, 0.25) is 5.91 Å². The number of carbonyl (C=O) groups is 1. The summed E-state index contributed by atoms with van der Waals surface area (Å²) < 4.78 is 37.1. The van der Waals surface area contributed by atoms with Gasteiger partial charge in [-0.15, -0.1) is 0 Å². The molecule has 0 radical (unpaired) electrons. The Balaban J connectivity index is 2.82. The van der Waals surface area contributed by atoms with E-state index in [0.717, 1.165) is 18.3 Å². The first-order chi connectivity index (χ1) is 9.79. The molecule has 21 heavy (non-hydrogen) atoms. The summed E-state index contributed by atoms with van der Waals surface area (Å²) in [5.41, 5.74) is 4.46. The van der Waals surface area contributed by atoms with Gasteiger partial charge in [-0.3, -0.25) is 4.79 Å². The average molecular weight is 304 g/mol.